The van der Waals surface area contributed by atoms with Crippen LogP contribution in [0.3, 0.4) is 0 Å². The van der Waals surface area contributed by atoms with Crippen LogP contribution in [0.1, 0.15) is 0 Å². The first-order chi connectivity index (χ1) is 11.6. The maximum absolute atomic E-state index is 12.0. The number of carbonyl (C=O) groups excluding carboxylic acids is 1. The first-order valence-corrected chi connectivity index (χ1v) is 8.49. The highest BCUT2D eigenvalue weighted by molar-refractivity contribution is 7.14. The maximum atomic E-state index is 12.0. The van der Waals surface area contributed by atoms with Gasteiger partial charge >= 0.3 is 0 Å². The van der Waals surface area contributed by atoms with E-state index in [1.807, 2.05) is 17.5 Å². The van der Waals surface area contributed by atoms with Crippen molar-refractivity contribution in [3.63, 3.8) is 0 Å². The number of anilines is 1. The molecule has 1 amide bonds. The van der Waals surface area contributed by atoms with Gasteiger partial charge in [0.2, 0.25) is 0 Å². The zero-order valence-corrected chi connectivity index (χ0v) is 14.5. The largest absolute Gasteiger partial charge is 0.482 e. The predicted molar refractivity (Wildman–Crippen MR) is 95.9 cm³/mol. The molecular weight excluding hydrogens is 369 g/mol. The minimum absolute atomic E-state index is 0.175. The molecule has 1 N–H and O–H groups in total. The standard InChI is InChI=1S/C16H11Cl2N3O2S/c17-11-1-2-14(12(18)7-11)23-8-15(22)21-16-20-13(9-24-16)10-3-5-19-6-4-10/h1-7,9H,8H2,(H,20,21,22). The Labute approximate surface area is 152 Å². The fraction of sp³-hybridized carbons (Fsp3) is 0.0625. The third-order valence-corrected chi connectivity index (χ3v) is 4.27. The number of pyridine rings is 1. The Morgan fingerprint density at radius 2 is 2.00 bits per heavy atom. The number of hydrogen-bond donors (Lipinski definition) is 1. The lowest BCUT2D eigenvalue weighted by Gasteiger charge is -2.07. The van der Waals surface area contributed by atoms with Crippen LogP contribution in [-0.2, 0) is 4.79 Å². The molecular formula is C16H11Cl2N3O2S. The van der Waals surface area contributed by atoms with Crippen LogP contribution in [0.4, 0.5) is 5.13 Å². The summed E-state index contributed by atoms with van der Waals surface area (Å²) in [7, 11) is 0. The Balaban J connectivity index is 1.58. The van der Waals surface area contributed by atoms with Crippen LogP contribution in [0.5, 0.6) is 5.75 Å². The van der Waals surface area contributed by atoms with Crippen molar-refractivity contribution in [2.45, 2.75) is 0 Å². The van der Waals surface area contributed by atoms with E-state index in [9.17, 15) is 4.79 Å². The van der Waals surface area contributed by atoms with E-state index < -0.39 is 0 Å². The Hall–Kier alpha value is -2.15. The molecule has 5 nitrogen and oxygen atoms in total. The van der Waals surface area contributed by atoms with Crippen molar-refractivity contribution in [3.8, 4) is 17.0 Å². The molecule has 2 heterocycles. The first kappa shape index (κ1) is 16.7. The number of amides is 1. The van der Waals surface area contributed by atoms with E-state index in [2.05, 4.69) is 15.3 Å². The van der Waals surface area contributed by atoms with Crippen molar-refractivity contribution in [3.05, 3.63) is 58.2 Å². The topological polar surface area (TPSA) is 64.1 Å². The van der Waals surface area contributed by atoms with Crippen LogP contribution in [0.25, 0.3) is 11.3 Å². The van der Waals surface area contributed by atoms with Crippen molar-refractivity contribution in [1.29, 1.82) is 0 Å². The second-order valence-corrected chi connectivity index (χ2v) is 6.39. The number of nitrogens with zero attached hydrogens (tertiary/aromatic N) is 2. The summed E-state index contributed by atoms with van der Waals surface area (Å²) in [5, 5.41) is 5.91. The third-order valence-electron chi connectivity index (χ3n) is 2.98. The Kier molecular flexibility index (Phi) is 5.30. The number of halogens is 2. The second-order valence-electron chi connectivity index (χ2n) is 4.69. The average molecular weight is 380 g/mol. The predicted octanol–water partition coefficient (Wildman–Crippen LogP) is 4.53. The Morgan fingerprint density at radius 3 is 2.75 bits per heavy atom. The fourth-order valence-electron chi connectivity index (χ4n) is 1.88. The molecule has 24 heavy (non-hydrogen) atoms. The summed E-state index contributed by atoms with van der Waals surface area (Å²) in [6.45, 7) is -0.175. The van der Waals surface area contributed by atoms with E-state index >= 15 is 0 Å². The number of nitrogens with one attached hydrogen (secondary N) is 1. The van der Waals surface area contributed by atoms with Gasteiger partial charge in [-0.1, -0.05) is 23.2 Å². The first-order valence-electron chi connectivity index (χ1n) is 6.85. The summed E-state index contributed by atoms with van der Waals surface area (Å²) in [5.74, 6) is 0.0736. The highest BCUT2D eigenvalue weighted by Gasteiger charge is 2.10. The quantitative estimate of drug-likeness (QED) is 0.707. The van der Waals surface area contributed by atoms with Crippen molar-refractivity contribution >= 4 is 45.6 Å². The van der Waals surface area contributed by atoms with E-state index in [0.29, 0.717) is 20.9 Å². The zero-order valence-electron chi connectivity index (χ0n) is 12.2. The van der Waals surface area contributed by atoms with Gasteiger partial charge in [-0.2, -0.15) is 0 Å². The molecule has 0 atom stereocenters. The molecule has 122 valence electrons. The number of thiazole rings is 1. The van der Waals surface area contributed by atoms with Gasteiger partial charge in [-0.15, -0.1) is 11.3 Å². The molecule has 0 radical (unpaired) electrons. The monoisotopic (exact) mass is 379 g/mol. The van der Waals surface area contributed by atoms with E-state index in [-0.39, 0.29) is 12.5 Å². The summed E-state index contributed by atoms with van der Waals surface area (Å²) < 4.78 is 5.38. The van der Waals surface area contributed by atoms with Crippen molar-refractivity contribution in [2.75, 3.05) is 11.9 Å². The van der Waals surface area contributed by atoms with Gasteiger partial charge < -0.3 is 4.74 Å². The molecule has 0 fully saturated rings. The van der Waals surface area contributed by atoms with Gasteiger partial charge in [0.25, 0.3) is 5.91 Å². The highest BCUT2D eigenvalue weighted by Crippen LogP contribution is 2.28. The van der Waals surface area contributed by atoms with E-state index in [1.54, 1.807) is 30.6 Å². The summed E-state index contributed by atoms with van der Waals surface area (Å²) >= 11 is 13.1. The van der Waals surface area contributed by atoms with Crippen LogP contribution in [0.2, 0.25) is 10.0 Å². The van der Waals surface area contributed by atoms with Gasteiger partial charge in [0.1, 0.15) is 5.75 Å². The van der Waals surface area contributed by atoms with Crippen LogP contribution in [-0.4, -0.2) is 22.5 Å². The van der Waals surface area contributed by atoms with Crippen LogP contribution in [0.15, 0.2) is 48.1 Å². The van der Waals surface area contributed by atoms with Gasteiger partial charge in [0.15, 0.2) is 11.7 Å². The van der Waals surface area contributed by atoms with E-state index in [0.717, 1.165) is 11.3 Å². The van der Waals surface area contributed by atoms with Crippen LogP contribution in [0, 0.1) is 0 Å². The van der Waals surface area contributed by atoms with Crippen molar-refractivity contribution < 1.29 is 9.53 Å². The number of ether oxygens (including phenoxy) is 1. The number of rotatable bonds is 5. The third kappa shape index (κ3) is 4.23. The average Bonchev–Trinajstić information content (AvgIpc) is 3.03. The van der Waals surface area contributed by atoms with E-state index in [1.165, 1.54) is 11.3 Å². The molecule has 0 aliphatic carbocycles. The molecule has 0 spiro atoms. The van der Waals surface area contributed by atoms with Crippen LogP contribution >= 0.6 is 34.5 Å². The second kappa shape index (κ2) is 7.61. The van der Waals surface area contributed by atoms with E-state index in [4.69, 9.17) is 27.9 Å². The number of benzene rings is 1. The summed E-state index contributed by atoms with van der Waals surface area (Å²) in [4.78, 5) is 20.3. The highest BCUT2D eigenvalue weighted by atomic mass is 35.5. The molecule has 8 heteroatoms. The smallest absolute Gasteiger partial charge is 0.264 e. The van der Waals surface area contributed by atoms with Crippen LogP contribution < -0.4 is 10.1 Å². The summed E-state index contributed by atoms with van der Waals surface area (Å²) in [6, 6.07) is 8.52. The molecule has 3 rings (SSSR count). The molecule has 0 unspecified atom stereocenters. The summed E-state index contributed by atoms with van der Waals surface area (Å²) in [5.41, 5.74) is 1.71. The maximum Gasteiger partial charge on any atom is 0.264 e. The lowest BCUT2D eigenvalue weighted by molar-refractivity contribution is -0.118. The minimum atomic E-state index is -0.323. The molecule has 0 aliphatic rings. The normalized spacial score (nSPS) is 10.4. The Bertz CT molecular complexity index is 856. The molecule has 0 saturated carbocycles. The molecule has 0 saturated heterocycles. The molecule has 0 aliphatic heterocycles. The zero-order chi connectivity index (χ0) is 16.9. The van der Waals surface area contributed by atoms with Gasteiger partial charge in [-0.05, 0) is 30.3 Å². The van der Waals surface area contributed by atoms with Gasteiger partial charge in [-0.25, -0.2) is 4.98 Å². The van der Waals surface area contributed by atoms with Crippen molar-refractivity contribution in [2.24, 2.45) is 0 Å². The van der Waals surface area contributed by atoms with Gasteiger partial charge in [0.05, 0.1) is 10.7 Å². The lowest BCUT2D eigenvalue weighted by Crippen LogP contribution is -2.20. The van der Waals surface area contributed by atoms with Gasteiger partial charge in [0, 0.05) is 28.4 Å². The minimum Gasteiger partial charge on any atom is -0.482 e. The number of hydrogen-bond acceptors (Lipinski definition) is 5. The SMILES string of the molecule is O=C(COc1ccc(Cl)cc1Cl)Nc1nc(-c2ccncc2)cs1. The molecule has 3 aromatic rings. The fourth-order valence-corrected chi connectivity index (χ4v) is 3.08. The van der Waals surface area contributed by atoms with Crippen molar-refractivity contribution in [1.82, 2.24) is 9.97 Å². The molecule has 2 aromatic heterocycles. The summed E-state index contributed by atoms with van der Waals surface area (Å²) in [6.07, 6.45) is 3.38. The lowest BCUT2D eigenvalue weighted by atomic mass is 10.2. The van der Waals surface area contributed by atoms with Gasteiger partial charge in [-0.3, -0.25) is 15.1 Å². The molecule has 0 bridgehead atoms. The number of carbonyl (C=O) groups is 1. The number of aromatic nitrogens is 2. The Morgan fingerprint density at radius 1 is 1.21 bits per heavy atom. The molecule has 1 aromatic carbocycles.